The van der Waals surface area contributed by atoms with Gasteiger partial charge in [0.15, 0.2) is 0 Å². The highest BCUT2D eigenvalue weighted by atomic mass is 32.1. The Morgan fingerprint density at radius 1 is 1.42 bits per heavy atom. The van der Waals surface area contributed by atoms with Gasteiger partial charge < -0.3 is 18.0 Å². The van der Waals surface area contributed by atoms with Crippen LogP contribution < -0.4 is 0 Å². The second-order valence-corrected chi connectivity index (χ2v) is 1.88. The molecule has 4 nitrogen and oxygen atoms in total. The molecular weight excluding hydrogens is 172 g/mol. The summed E-state index contributed by atoms with van der Waals surface area (Å²) in [4.78, 5) is 5.27. The smallest absolute Gasteiger partial charge is 0.501 e. The molecule has 0 heterocycles. The first-order valence-electron chi connectivity index (χ1n) is 2.55. The average Bonchev–Trinajstić information content (AvgIpc) is 2.09. The van der Waals surface area contributed by atoms with Gasteiger partial charge in [-0.05, 0) is 0 Å². The Morgan fingerprint density at radius 2 is 1.92 bits per heavy atom. The summed E-state index contributed by atoms with van der Waals surface area (Å²) in [5, 5.41) is 16.6. The van der Waals surface area contributed by atoms with Crippen LogP contribution in [0.3, 0.4) is 0 Å². The molecule has 0 fully saturated rings. The van der Waals surface area contributed by atoms with E-state index in [1.54, 1.807) is 0 Å². The molecule has 12 heavy (non-hydrogen) atoms. The minimum atomic E-state index is -0.414. The average molecular weight is 172 g/mol. The van der Waals surface area contributed by atoms with Gasteiger partial charge >= 0.3 is 5.82 Å². The molecule has 0 aliphatic rings. The summed E-state index contributed by atoms with van der Waals surface area (Å²) in [6, 6.07) is 1.51. The van der Waals surface area contributed by atoms with Crippen LogP contribution in [-0.2, 0) is 12.6 Å². The maximum absolute atomic E-state index is 8.32. The first kappa shape index (κ1) is 9.88. The third-order valence-electron chi connectivity index (χ3n) is 0.866. The predicted octanol–water partition coefficient (Wildman–Crippen LogP) is 1.23. The van der Waals surface area contributed by atoms with Gasteiger partial charge in [0.2, 0.25) is 0 Å². The third kappa shape index (κ3) is 1.94. The molecule has 56 valence electrons. The first-order chi connectivity index (χ1) is 5.71. The van der Waals surface area contributed by atoms with Gasteiger partial charge in [-0.15, -0.1) is 0 Å². The third-order valence-corrected chi connectivity index (χ3v) is 1.25. The Labute approximate surface area is 75.0 Å². The van der Waals surface area contributed by atoms with Crippen LogP contribution in [0, 0.1) is 24.5 Å². The molecule has 0 N–H and O–H groups in total. The zero-order valence-electron chi connectivity index (χ0n) is 5.70. The Balaban J connectivity index is 5.40. The van der Waals surface area contributed by atoms with Gasteiger partial charge in [0.25, 0.3) is 0 Å². The molecule has 0 aromatic rings. The lowest BCUT2D eigenvalue weighted by molar-refractivity contribution is 1.50. The molecule has 0 bridgehead atoms. The Bertz CT molecular complexity index is 377. The quantitative estimate of drug-likeness (QED) is 0.196. The van der Waals surface area contributed by atoms with Crippen molar-refractivity contribution in [1.82, 2.24) is 0 Å². The second kappa shape index (κ2) is 4.66. The number of hydrogen-bond donors (Lipinski definition) is 0. The standard InChI is InChI=1S/C7HN4S/c1-10-7(11-2)6(12)5(3-8)4-9/h12H/q-1/p-1. The Hall–Kier alpha value is -2.12. The second-order valence-electron chi connectivity index (χ2n) is 1.47. The Kier molecular flexibility index (Phi) is 3.84. The highest BCUT2D eigenvalue weighted by Gasteiger charge is 2.05. The summed E-state index contributed by atoms with van der Waals surface area (Å²) in [6.45, 7) is 13.0. The summed E-state index contributed by atoms with van der Waals surface area (Å²) in [5.74, 6) is 1.09. The monoisotopic (exact) mass is 172 g/mol. The zero-order chi connectivity index (χ0) is 9.56. The Morgan fingerprint density at radius 3 is 2.17 bits per heavy atom. The SMILES string of the molecule is [C-]#[N+]C([N+]#[C-])=C([S-])C(=C=[N-])C#N. The van der Waals surface area contributed by atoms with Gasteiger partial charge in [-0.1, -0.05) is 4.91 Å². The predicted molar refractivity (Wildman–Crippen MR) is 45.1 cm³/mol. The van der Waals surface area contributed by atoms with Gasteiger partial charge in [-0.3, -0.25) is 5.87 Å². The van der Waals surface area contributed by atoms with E-state index in [1.807, 2.05) is 0 Å². The normalized spacial score (nSPS) is 6.42. The molecule has 0 rings (SSSR count). The summed E-state index contributed by atoms with van der Waals surface area (Å²) < 4.78 is 0. The van der Waals surface area contributed by atoms with E-state index in [-0.39, 0.29) is 10.5 Å². The number of hydrogen-bond acceptors (Lipinski definition) is 2. The fourth-order valence-electron chi connectivity index (χ4n) is 0.365. The van der Waals surface area contributed by atoms with Crippen LogP contribution in [0.15, 0.2) is 16.3 Å². The van der Waals surface area contributed by atoms with Crippen molar-refractivity contribution in [3.63, 3.8) is 0 Å². The van der Waals surface area contributed by atoms with Crippen molar-refractivity contribution in [2.75, 3.05) is 0 Å². The molecule has 0 aromatic heterocycles. The van der Waals surface area contributed by atoms with E-state index < -0.39 is 5.82 Å². The van der Waals surface area contributed by atoms with Gasteiger partial charge in [0, 0.05) is 5.57 Å². The molecule has 0 unspecified atom stereocenters. The molecule has 0 radical (unpaired) electrons. The summed E-state index contributed by atoms with van der Waals surface area (Å²) >= 11 is 4.55. The van der Waals surface area contributed by atoms with Crippen LogP contribution in [0.4, 0.5) is 0 Å². The zero-order valence-corrected chi connectivity index (χ0v) is 6.51. The maximum atomic E-state index is 8.32. The highest BCUT2D eigenvalue weighted by molar-refractivity contribution is 7.63. The van der Waals surface area contributed by atoms with Crippen molar-refractivity contribution in [2.45, 2.75) is 0 Å². The van der Waals surface area contributed by atoms with Gasteiger partial charge in [-0.2, -0.15) is 15.0 Å². The number of nitriles is 1. The van der Waals surface area contributed by atoms with E-state index in [9.17, 15) is 0 Å². The fourth-order valence-corrected chi connectivity index (χ4v) is 0.547. The molecule has 0 spiro atoms. The van der Waals surface area contributed by atoms with Crippen LogP contribution in [0.5, 0.6) is 0 Å². The fraction of sp³-hybridized carbons (Fsp3) is 0. The molecule has 0 aromatic carbocycles. The van der Waals surface area contributed by atoms with Gasteiger partial charge in [-0.25, -0.2) is 0 Å². The van der Waals surface area contributed by atoms with E-state index in [0.717, 1.165) is 0 Å². The molecule has 0 saturated heterocycles. The van der Waals surface area contributed by atoms with Crippen molar-refractivity contribution in [2.24, 2.45) is 0 Å². The minimum absolute atomic E-state index is 0.273. The van der Waals surface area contributed by atoms with Crippen LogP contribution in [0.2, 0.25) is 0 Å². The number of nitrogens with zero attached hydrogens (tertiary/aromatic N) is 4. The van der Waals surface area contributed by atoms with E-state index in [2.05, 4.69) is 22.3 Å². The lowest BCUT2D eigenvalue weighted by Crippen LogP contribution is -1.85. The van der Waals surface area contributed by atoms with Crippen LogP contribution >= 0.6 is 0 Å². The summed E-state index contributed by atoms with van der Waals surface area (Å²) in [5.41, 5.74) is -0.369. The van der Waals surface area contributed by atoms with Crippen molar-refractivity contribution >= 4 is 18.5 Å². The van der Waals surface area contributed by atoms with Gasteiger partial charge in [0.1, 0.15) is 19.2 Å². The van der Waals surface area contributed by atoms with E-state index >= 15 is 0 Å². The van der Waals surface area contributed by atoms with Gasteiger partial charge in [0.05, 0.1) is 0 Å². The molecule has 0 aliphatic carbocycles. The lowest BCUT2D eigenvalue weighted by atomic mass is 10.3. The lowest BCUT2D eigenvalue weighted by Gasteiger charge is -2.04. The largest absolute Gasteiger partial charge is 0.782 e. The van der Waals surface area contributed by atoms with Crippen LogP contribution in [-0.4, -0.2) is 5.87 Å². The molecule has 0 amide bonds. The van der Waals surface area contributed by atoms with Crippen LogP contribution in [0.25, 0.3) is 15.1 Å². The highest BCUT2D eigenvalue weighted by Crippen LogP contribution is 2.12. The van der Waals surface area contributed by atoms with Crippen molar-refractivity contribution in [1.29, 1.82) is 5.26 Å². The molecule has 0 atom stereocenters. The van der Waals surface area contributed by atoms with E-state index in [4.69, 9.17) is 23.8 Å². The minimum Gasteiger partial charge on any atom is -0.782 e. The number of allylic oxidation sites excluding steroid dienone is 1. The van der Waals surface area contributed by atoms with E-state index in [1.165, 1.54) is 11.9 Å². The van der Waals surface area contributed by atoms with Crippen molar-refractivity contribution in [3.8, 4) is 6.07 Å². The van der Waals surface area contributed by atoms with Crippen molar-refractivity contribution in [3.05, 3.63) is 44.5 Å². The summed E-state index contributed by atoms with van der Waals surface area (Å²) in [6.07, 6.45) is 0. The molecule has 5 heteroatoms. The topological polar surface area (TPSA) is 54.8 Å². The molecule has 0 aliphatic heterocycles. The van der Waals surface area contributed by atoms with Crippen LogP contribution in [0.1, 0.15) is 0 Å². The number of rotatable bonds is 1. The van der Waals surface area contributed by atoms with E-state index in [0.29, 0.717) is 0 Å². The summed E-state index contributed by atoms with van der Waals surface area (Å²) in [7, 11) is 0. The maximum Gasteiger partial charge on any atom is 0.501 e. The molecule has 0 saturated carbocycles. The first-order valence-corrected chi connectivity index (χ1v) is 2.95. The molecular formula is C7N4S-2. The van der Waals surface area contributed by atoms with Crippen molar-refractivity contribution < 1.29 is 0 Å².